The van der Waals surface area contributed by atoms with Crippen molar-refractivity contribution < 1.29 is 32.5 Å². The zero-order valence-electron chi connectivity index (χ0n) is 24.9. The van der Waals surface area contributed by atoms with Crippen LogP contribution in [0.15, 0.2) is 12.2 Å². The second-order valence-electron chi connectivity index (χ2n) is 11.2. The fraction of sp³-hybridized carbons (Fsp3) is 0.931. The van der Waals surface area contributed by atoms with Crippen LogP contribution in [-0.2, 0) is 23.1 Å². The summed E-state index contributed by atoms with van der Waals surface area (Å²) in [6, 6.07) is 0. The molecule has 0 aromatic rings. The van der Waals surface area contributed by atoms with E-state index in [1.807, 2.05) is 21.1 Å². The smallest absolute Gasteiger partial charge is 0.268 e. The first kappa shape index (κ1) is 36.7. The third kappa shape index (κ3) is 28.6. The Kier molecular flexibility index (Phi) is 24.6. The summed E-state index contributed by atoms with van der Waals surface area (Å²) in [4.78, 5) is 11.9. The van der Waals surface area contributed by atoms with Crippen molar-refractivity contribution in [3.8, 4) is 0 Å². The van der Waals surface area contributed by atoms with Crippen molar-refractivity contribution in [2.45, 2.75) is 116 Å². The van der Waals surface area contributed by atoms with Crippen LogP contribution in [0.5, 0.6) is 0 Å². The van der Waals surface area contributed by atoms with Crippen molar-refractivity contribution in [1.29, 1.82) is 0 Å². The zero-order valence-corrected chi connectivity index (χ0v) is 25.8. The van der Waals surface area contributed by atoms with Crippen molar-refractivity contribution in [3.05, 3.63) is 12.2 Å². The highest BCUT2D eigenvalue weighted by Crippen LogP contribution is 2.38. The molecule has 1 unspecified atom stereocenters. The molecule has 2 atom stereocenters. The van der Waals surface area contributed by atoms with Gasteiger partial charge >= 0.3 is 0 Å². The summed E-state index contributed by atoms with van der Waals surface area (Å²) in [6.07, 6.45) is 25.1. The van der Waals surface area contributed by atoms with Gasteiger partial charge in [0.25, 0.3) is 7.82 Å². The predicted molar refractivity (Wildman–Crippen MR) is 153 cm³/mol. The first-order valence-corrected chi connectivity index (χ1v) is 16.3. The molecule has 8 heteroatoms. The van der Waals surface area contributed by atoms with Crippen LogP contribution in [0.1, 0.15) is 110 Å². The molecule has 222 valence electrons. The Bertz CT molecular complexity index is 567. The molecule has 0 heterocycles. The molecule has 0 aromatic carbocycles. The summed E-state index contributed by atoms with van der Waals surface area (Å²) >= 11 is 0. The molecule has 7 nitrogen and oxygen atoms in total. The van der Waals surface area contributed by atoms with E-state index in [-0.39, 0.29) is 13.2 Å². The van der Waals surface area contributed by atoms with E-state index >= 15 is 0 Å². The average Bonchev–Trinajstić information content (AvgIpc) is 2.83. The van der Waals surface area contributed by atoms with Crippen LogP contribution in [0, 0.1) is 0 Å². The van der Waals surface area contributed by atoms with E-state index in [0.29, 0.717) is 24.2 Å². The van der Waals surface area contributed by atoms with Gasteiger partial charge in [-0.05, 0) is 32.1 Å². The van der Waals surface area contributed by atoms with Crippen LogP contribution in [-0.4, -0.2) is 71.8 Å². The Hall–Kier alpha value is -0.270. The van der Waals surface area contributed by atoms with Gasteiger partial charge in [-0.3, -0.25) is 4.57 Å². The first-order valence-electron chi connectivity index (χ1n) is 14.9. The number of rotatable bonds is 28. The molecule has 0 amide bonds. The molecule has 0 saturated heterocycles. The number of nitrogens with zero attached hydrogens (tertiary/aromatic N) is 1. The fourth-order valence-electron chi connectivity index (χ4n) is 3.84. The average molecular weight is 550 g/mol. The molecular formula is C29H60NO6P. The van der Waals surface area contributed by atoms with Crippen LogP contribution in [0.2, 0.25) is 0 Å². The number of quaternary nitrogens is 1. The van der Waals surface area contributed by atoms with Gasteiger partial charge in [0.15, 0.2) is 0 Å². The summed E-state index contributed by atoms with van der Waals surface area (Å²) in [7, 11) is 3.11. The summed E-state index contributed by atoms with van der Waals surface area (Å²) in [5, 5.41) is 0. The van der Waals surface area contributed by atoms with Crippen LogP contribution < -0.4 is 4.89 Å². The summed E-state index contributed by atoms with van der Waals surface area (Å²) in [5.41, 5.74) is 0. The lowest BCUT2D eigenvalue weighted by molar-refractivity contribution is -0.870. The number of phosphoric ester groups is 1. The molecule has 0 saturated carbocycles. The van der Waals surface area contributed by atoms with Gasteiger partial charge in [0, 0.05) is 13.7 Å². The van der Waals surface area contributed by atoms with Crippen molar-refractivity contribution >= 4 is 7.82 Å². The molecule has 0 aliphatic carbocycles. The number of methoxy groups -OCH3 is 1. The number of likely N-dealkylation sites (N-methyl/N-ethyl adjacent to an activating group) is 1. The normalized spacial score (nSPS) is 14.9. The Labute approximate surface area is 229 Å². The number of phosphoric acid groups is 1. The van der Waals surface area contributed by atoms with Crippen LogP contribution >= 0.6 is 7.82 Å². The van der Waals surface area contributed by atoms with Crippen LogP contribution in [0.25, 0.3) is 0 Å². The molecular weight excluding hydrogens is 489 g/mol. The third-order valence-electron chi connectivity index (χ3n) is 6.37. The Balaban J connectivity index is 3.51. The Morgan fingerprint density at radius 1 is 0.730 bits per heavy atom. The first-order chi connectivity index (χ1) is 17.7. The van der Waals surface area contributed by atoms with Gasteiger partial charge in [-0.1, -0.05) is 89.7 Å². The molecule has 0 rings (SSSR count). The molecule has 0 N–H and O–H groups in total. The van der Waals surface area contributed by atoms with Crippen molar-refractivity contribution in [2.75, 3.05) is 61.2 Å². The lowest BCUT2D eigenvalue weighted by Crippen LogP contribution is -2.37. The van der Waals surface area contributed by atoms with Gasteiger partial charge in [-0.15, -0.1) is 0 Å². The van der Waals surface area contributed by atoms with Gasteiger partial charge in [0.05, 0.1) is 34.4 Å². The van der Waals surface area contributed by atoms with Crippen molar-refractivity contribution in [3.63, 3.8) is 0 Å². The van der Waals surface area contributed by atoms with Gasteiger partial charge in [-0.25, -0.2) is 0 Å². The van der Waals surface area contributed by atoms with Gasteiger partial charge in [0.2, 0.25) is 0 Å². The second kappa shape index (κ2) is 24.7. The van der Waals surface area contributed by atoms with Crippen molar-refractivity contribution in [2.24, 2.45) is 0 Å². The Morgan fingerprint density at radius 2 is 1.24 bits per heavy atom. The minimum atomic E-state index is -4.33. The SMILES string of the molecule is CCCCCCCCC/C=C\CCCCCCCCCOC[C@H](COP(=O)([O-])OCC[N+](C)(C)C)OC. The molecule has 0 aliphatic heterocycles. The maximum atomic E-state index is 11.9. The van der Waals surface area contributed by atoms with E-state index in [0.717, 1.165) is 12.8 Å². The third-order valence-corrected chi connectivity index (χ3v) is 7.33. The van der Waals surface area contributed by atoms with E-state index in [1.165, 1.54) is 97.0 Å². The second-order valence-corrected chi connectivity index (χ2v) is 12.6. The lowest BCUT2D eigenvalue weighted by Gasteiger charge is -2.28. The number of allylic oxidation sites excluding steroid dienone is 2. The van der Waals surface area contributed by atoms with E-state index in [1.54, 1.807) is 0 Å². The lowest BCUT2D eigenvalue weighted by atomic mass is 10.1. The highest BCUT2D eigenvalue weighted by Gasteiger charge is 2.16. The Morgan fingerprint density at radius 3 is 1.76 bits per heavy atom. The quantitative estimate of drug-likeness (QED) is 0.0451. The van der Waals surface area contributed by atoms with Crippen LogP contribution in [0.4, 0.5) is 0 Å². The maximum Gasteiger partial charge on any atom is 0.268 e. The molecule has 0 bridgehead atoms. The minimum absolute atomic E-state index is 0.0921. The zero-order chi connectivity index (χ0) is 27.7. The molecule has 0 spiro atoms. The molecule has 0 aliphatic rings. The summed E-state index contributed by atoms with van der Waals surface area (Å²) < 4.78 is 33.3. The number of hydrogen-bond acceptors (Lipinski definition) is 6. The molecule has 0 radical (unpaired) electrons. The monoisotopic (exact) mass is 549 g/mol. The summed E-state index contributed by atoms with van der Waals surface area (Å²) in [5.74, 6) is 0. The topological polar surface area (TPSA) is 77.1 Å². The van der Waals surface area contributed by atoms with Gasteiger partial charge < -0.3 is 27.9 Å². The van der Waals surface area contributed by atoms with E-state index in [2.05, 4.69) is 19.1 Å². The van der Waals surface area contributed by atoms with E-state index in [9.17, 15) is 9.46 Å². The maximum absolute atomic E-state index is 11.9. The summed E-state index contributed by atoms with van der Waals surface area (Å²) in [6.45, 7) is 3.79. The number of ether oxygens (including phenoxy) is 2. The molecule has 0 aromatic heterocycles. The standard InChI is InChI=1S/C29H60NO6P/c1-6-7-8-9-10-11-12-13-14-15-16-17-18-19-20-21-22-23-25-34-27-29(33-5)28-36-37(31,32)35-26-24-30(2,3)4/h14-15,29H,6-13,16-28H2,1-5H3/b15-14-/t29-/m1/s1. The molecule has 37 heavy (non-hydrogen) atoms. The molecule has 0 fully saturated rings. The van der Waals surface area contributed by atoms with E-state index in [4.69, 9.17) is 18.5 Å². The van der Waals surface area contributed by atoms with Crippen molar-refractivity contribution in [1.82, 2.24) is 0 Å². The fourth-order valence-corrected chi connectivity index (χ4v) is 4.57. The highest BCUT2D eigenvalue weighted by atomic mass is 31.2. The number of hydrogen-bond donors (Lipinski definition) is 0. The largest absolute Gasteiger partial charge is 0.756 e. The number of unbranched alkanes of at least 4 members (excludes halogenated alkanes) is 14. The van der Waals surface area contributed by atoms with Gasteiger partial charge in [-0.2, -0.15) is 0 Å². The van der Waals surface area contributed by atoms with Gasteiger partial charge in [0.1, 0.15) is 19.3 Å². The van der Waals surface area contributed by atoms with Crippen LogP contribution in [0.3, 0.4) is 0 Å². The minimum Gasteiger partial charge on any atom is -0.756 e. The highest BCUT2D eigenvalue weighted by molar-refractivity contribution is 7.45. The predicted octanol–water partition coefficient (Wildman–Crippen LogP) is 7.04. The van der Waals surface area contributed by atoms with E-state index < -0.39 is 13.9 Å².